The van der Waals surface area contributed by atoms with E-state index in [-0.39, 0.29) is 5.78 Å². The Morgan fingerprint density at radius 1 is 1.11 bits per heavy atom. The number of carbonyl (C=O) groups is 2. The van der Waals surface area contributed by atoms with Crippen LogP contribution in [-0.2, 0) is 16.0 Å². The standard InChI is InChI=1S/C19H21NO.C12H17NO2/c1-14(21)15-7-9-16(10-8-15)18-5-3-2-4-6-19(18)17-11-12-20-13-17;1-13(11-14)8-10-15-9-7-12-5-3-2-4-6-12/h2,4-10,17,20H,3,11-13H2,1H3;2-6,11H,7-10H2,1H3. The summed E-state index contributed by atoms with van der Waals surface area (Å²) in [4.78, 5) is 23.2. The van der Waals surface area contributed by atoms with Crippen LogP contribution in [0.1, 0.15) is 41.3 Å². The summed E-state index contributed by atoms with van der Waals surface area (Å²) in [6.07, 6.45) is 12.8. The van der Waals surface area contributed by atoms with Crippen LogP contribution in [0.5, 0.6) is 0 Å². The van der Waals surface area contributed by atoms with Gasteiger partial charge in [0.15, 0.2) is 5.78 Å². The van der Waals surface area contributed by atoms with Gasteiger partial charge in [-0.2, -0.15) is 0 Å². The lowest BCUT2D eigenvalue weighted by atomic mass is 9.87. The van der Waals surface area contributed by atoms with Gasteiger partial charge in [0.1, 0.15) is 0 Å². The van der Waals surface area contributed by atoms with E-state index < -0.39 is 0 Å². The molecule has 0 aromatic heterocycles. The molecule has 0 saturated carbocycles. The number of carbonyl (C=O) groups excluding carboxylic acids is 2. The van der Waals surface area contributed by atoms with E-state index in [4.69, 9.17) is 4.74 Å². The van der Waals surface area contributed by atoms with E-state index in [1.54, 1.807) is 18.9 Å². The Balaban J connectivity index is 0.000000214. The molecule has 2 aromatic carbocycles. The first-order chi connectivity index (χ1) is 17.6. The number of benzene rings is 2. The third kappa shape index (κ3) is 8.74. The molecule has 1 saturated heterocycles. The molecule has 0 radical (unpaired) electrons. The number of amides is 1. The second-order valence-corrected chi connectivity index (χ2v) is 9.16. The molecule has 1 aliphatic heterocycles. The Labute approximate surface area is 215 Å². The van der Waals surface area contributed by atoms with Crippen LogP contribution in [0.2, 0.25) is 0 Å². The molecular weight excluding hydrogens is 448 g/mol. The fourth-order valence-electron chi connectivity index (χ4n) is 4.29. The highest BCUT2D eigenvalue weighted by atomic mass is 16.5. The van der Waals surface area contributed by atoms with Crippen molar-refractivity contribution in [3.63, 3.8) is 0 Å². The molecule has 0 spiro atoms. The van der Waals surface area contributed by atoms with Crippen LogP contribution in [0.4, 0.5) is 0 Å². The average Bonchev–Trinajstić information content (AvgIpc) is 3.34. The van der Waals surface area contributed by atoms with Crippen LogP contribution < -0.4 is 5.32 Å². The maximum Gasteiger partial charge on any atom is 0.209 e. The summed E-state index contributed by atoms with van der Waals surface area (Å²) in [5.41, 5.74) is 6.01. The number of hydrogen-bond acceptors (Lipinski definition) is 4. The number of likely N-dealkylation sites (N-methyl/N-ethyl adjacent to an activating group) is 1. The summed E-state index contributed by atoms with van der Waals surface area (Å²) in [6, 6.07) is 18.2. The van der Waals surface area contributed by atoms with Gasteiger partial charge in [0.2, 0.25) is 6.41 Å². The van der Waals surface area contributed by atoms with Gasteiger partial charge < -0.3 is 15.0 Å². The van der Waals surface area contributed by atoms with Crippen LogP contribution in [0, 0.1) is 5.92 Å². The Morgan fingerprint density at radius 2 is 1.89 bits per heavy atom. The molecule has 1 heterocycles. The first kappa shape index (κ1) is 27.3. The second-order valence-electron chi connectivity index (χ2n) is 9.16. The van der Waals surface area contributed by atoms with E-state index >= 15 is 0 Å². The molecule has 0 bridgehead atoms. The number of ether oxygens (including phenoxy) is 1. The number of allylic oxidation sites excluding steroid dienone is 5. The molecule has 2 aromatic rings. The number of Topliss-reactive ketones (excluding diaryl/α,β-unsaturated/α-hetero) is 1. The molecule has 190 valence electrons. The van der Waals surface area contributed by atoms with Crippen molar-refractivity contribution in [2.45, 2.75) is 26.2 Å². The van der Waals surface area contributed by atoms with Crippen molar-refractivity contribution in [3.05, 3.63) is 101 Å². The van der Waals surface area contributed by atoms with Crippen LogP contribution >= 0.6 is 0 Å². The fraction of sp³-hybridized carbons (Fsp3) is 0.355. The van der Waals surface area contributed by atoms with E-state index in [0.29, 0.717) is 25.7 Å². The zero-order valence-corrected chi connectivity index (χ0v) is 21.5. The van der Waals surface area contributed by atoms with Gasteiger partial charge >= 0.3 is 0 Å². The van der Waals surface area contributed by atoms with Gasteiger partial charge in [-0.1, -0.05) is 78.9 Å². The molecule has 1 N–H and O–H groups in total. The van der Waals surface area contributed by atoms with Crippen LogP contribution in [-0.4, -0.2) is 57.0 Å². The van der Waals surface area contributed by atoms with Crippen LogP contribution in [0.25, 0.3) is 5.57 Å². The molecule has 4 rings (SSSR count). The summed E-state index contributed by atoms with van der Waals surface area (Å²) in [5, 5.41) is 3.45. The van der Waals surface area contributed by atoms with E-state index in [2.05, 4.69) is 53.9 Å². The number of hydrogen-bond donors (Lipinski definition) is 1. The molecule has 1 amide bonds. The zero-order valence-electron chi connectivity index (χ0n) is 21.5. The summed E-state index contributed by atoms with van der Waals surface area (Å²) in [7, 11) is 1.74. The molecule has 5 heteroatoms. The van der Waals surface area contributed by atoms with Gasteiger partial charge in [-0.15, -0.1) is 0 Å². The van der Waals surface area contributed by atoms with Crippen molar-refractivity contribution >= 4 is 17.8 Å². The number of rotatable bonds is 10. The topological polar surface area (TPSA) is 58.6 Å². The van der Waals surface area contributed by atoms with Gasteiger partial charge in [0.25, 0.3) is 0 Å². The van der Waals surface area contributed by atoms with E-state index in [1.165, 1.54) is 28.7 Å². The molecule has 2 aliphatic rings. The zero-order chi connectivity index (χ0) is 25.6. The first-order valence-electron chi connectivity index (χ1n) is 12.7. The minimum Gasteiger partial charge on any atom is -0.379 e. The lowest BCUT2D eigenvalue weighted by molar-refractivity contribution is -0.117. The van der Waals surface area contributed by atoms with Gasteiger partial charge in [-0.25, -0.2) is 0 Å². The van der Waals surface area contributed by atoms with E-state index in [1.807, 2.05) is 30.3 Å². The van der Waals surface area contributed by atoms with Crippen LogP contribution in [0.3, 0.4) is 0 Å². The first-order valence-corrected chi connectivity index (χ1v) is 12.7. The van der Waals surface area contributed by atoms with Crippen molar-refractivity contribution < 1.29 is 14.3 Å². The van der Waals surface area contributed by atoms with Crippen molar-refractivity contribution in [2.75, 3.05) is 39.9 Å². The minimum absolute atomic E-state index is 0.119. The largest absolute Gasteiger partial charge is 0.379 e. The quantitative estimate of drug-likeness (QED) is 0.288. The van der Waals surface area contributed by atoms with Gasteiger partial charge in [-0.3, -0.25) is 9.59 Å². The number of ketones is 1. The van der Waals surface area contributed by atoms with Crippen molar-refractivity contribution in [1.29, 1.82) is 0 Å². The molecule has 1 atom stereocenters. The lowest BCUT2D eigenvalue weighted by Gasteiger charge is -2.18. The van der Waals surface area contributed by atoms with Crippen LogP contribution in [0.15, 0.2) is 84.5 Å². The molecule has 1 aliphatic carbocycles. The smallest absolute Gasteiger partial charge is 0.209 e. The van der Waals surface area contributed by atoms with Gasteiger partial charge in [0.05, 0.1) is 13.2 Å². The fourth-order valence-corrected chi connectivity index (χ4v) is 4.29. The molecule has 5 nitrogen and oxygen atoms in total. The predicted octanol–water partition coefficient (Wildman–Crippen LogP) is 5.10. The minimum atomic E-state index is 0.119. The maximum atomic E-state index is 11.4. The summed E-state index contributed by atoms with van der Waals surface area (Å²) >= 11 is 0. The monoisotopic (exact) mass is 486 g/mol. The SMILES string of the molecule is CC(=O)c1ccc(C2=CCC=CC=C2C2CCNC2)cc1.CN(C=O)CCOCCc1ccccc1. The number of nitrogens with one attached hydrogen (secondary N) is 1. The van der Waals surface area contributed by atoms with E-state index in [9.17, 15) is 9.59 Å². The van der Waals surface area contributed by atoms with E-state index in [0.717, 1.165) is 37.9 Å². The Hall–Kier alpha value is -3.28. The molecule has 1 unspecified atom stereocenters. The number of nitrogens with zero attached hydrogens (tertiary/aromatic N) is 1. The normalized spacial score (nSPS) is 16.8. The highest BCUT2D eigenvalue weighted by Crippen LogP contribution is 2.33. The highest BCUT2D eigenvalue weighted by molar-refractivity contribution is 5.94. The van der Waals surface area contributed by atoms with Gasteiger partial charge in [0, 0.05) is 25.7 Å². The van der Waals surface area contributed by atoms with Crippen molar-refractivity contribution in [2.24, 2.45) is 5.92 Å². The van der Waals surface area contributed by atoms with Crippen molar-refractivity contribution in [1.82, 2.24) is 10.2 Å². The molecule has 1 fully saturated rings. The average molecular weight is 487 g/mol. The maximum absolute atomic E-state index is 11.4. The Morgan fingerprint density at radius 3 is 2.56 bits per heavy atom. The second kappa shape index (κ2) is 15.0. The Kier molecular flexibility index (Phi) is 11.4. The summed E-state index contributed by atoms with van der Waals surface area (Å²) in [5.74, 6) is 0.709. The highest BCUT2D eigenvalue weighted by Gasteiger charge is 2.22. The third-order valence-corrected chi connectivity index (χ3v) is 6.43. The predicted molar refractivity (Wildman–Crippen MR) is 147 cm³/mol. The lowest BCUT2D eigenvalue weighted by Crippen LogP contribution is -2.21. The van der Waals surface area contributed by atoms with Crippen molar-refractivity contribution in [3.8, 4) is 0 Å². The summed E-state index contributed by atoms with van der Waals surface area (Å²) in [6.45, 7) is 5.72. The molecule has 36 heavy (non-hydrogen) atoms. The molecular formula is C31H38N2O3. The summed E-state index contributed by atoms with van der Waals surface area (Å²) < 4.78 is 5.41. The van der Waals surface area contributed by atoms with Gasteiger partial charge in [-0.05, 0) is 60.9 Å². The Bertz CT molecular complexity index is 1050. The third-order valence-electron chi connectivity index (χ3n) is 6.43.